The molecule has 0 heterocycles. The third kappa shape index (κ3) is 4.75. The molecule has 0 spiro atoms. The summed E-state index contributed by atoms with van der Waals surface area (Å²) in [6.07, 6.45) is -4.84. The molecule has 1 amide bonds. The molecule has 6 nitrogen and oxygen atoms in total. The number of fused-ring (bicyclic) bond motifs is 3. The summed E-state index contributed by atoms with van der Waals surface area (Å²) >= 11 is 5.58. The maximum atomic E-state index is 13.4. The van der Waals surface area contributed by atoms with Gasteiger partial charge in [-0.2, -0.15) is 13.2 Å². The van der Waals surface area contributed by atoms with Crippen molar-refractivity contribution in [3.63, 3.8) is 0 Å². The molecule has 1 aromatic rings. The maximum absolute atomic E-state index is 13.4. The lowest BCUT2D eigenvalue weighted by Gasteiger charge is -2.55. The molecular formula is C18H19ClF4N2O4. The second-order valence-corrected chi connectivity index (χ2v) is 7.93. The van der Waals surface area contributed by atoms with Gasteiger partial charge in [-0.3, -0.25) is 4.79 Å². The zero-order valence-electron chi connectivity index (χ0n) is 15.2. The molecule has 3 aliphatic carbocycles. The predicted molar refractivity (Wildman–Crippen MR) is 93.7 cm³/mol. The van der Waals surface area contributed by atoms with Gasteiger partial charge < -0.3 is 20.5 Å². The number of rotatable bonds is 5. The highest BCUT2D eigenvalue weighted by Crippen LogP contribution is 2.47. The molecule has 0 aromatic heterocycles. The highest BCUT2D eigenvalue weighted by Gasteiger charge is 2.56. The van der Waals surface area contributed by atoms with Crippen LogP contribution in [0.3, 0.4) is 0 Å². The van der Waals surface area contributed by atoms with Crippen molar-refractivity contribution in [2.75, 3.05) is 6.61 Å². The number of alkyl halides is 3. The molecule has 0 saturated heterocycles. The Morgan fingerprint density at radius 3 is 2.48 bits per heavy atom. The molecule has 0 radical (unpaired) electrons. The van der Waals surface area contributed by atoms with E-state index in [1.165, 1.54) is 12.1 Å². The molecule has 29 heavy (non-hydrogen) atoms. The first-order chi connectivity index (χ1) is 13.4. The normalized spacial score (nSPS) is 28.7. The quantitative estimate of drug-likeness (QED) is 0.545. The van der Waals surface area contributed by atoms with Crippen molar-refractivity contribution >= 4 is 23.5 Å². The Balaban J connectivity index is 1.61. The summed E-state index contributed by atoms with van der Waals surface area (Å²) in [5.41, 5.74) is 4.26. The van der Waals surface area contributed by atoms with Gasteiger partial charge >= 0.3 is 12.1 Å². The molecule has 0 aliphatic heterocycles. The monoisotopic (exact) mass is 438 g/mol. The summed E-state index contributed by atoms with van der Waals surface area (Å²) in [7, 11) is 0. The molecule has 160 valence electrons. The van der Waals surface area contributed by atoms with Crippen LogP contribution in [0.1, 0.15) is 32.1 Å². The van der Waals surface area contributed by atoms with Gasteiger partial charge in [0.2, 0.25) is 0 Å². The van der Waals surface area contributed by atoms with Crippen LogP contribution in [-0.2, 0) is 14.3 Å². The molecule has 1 atom stereocenters. The summed E-state index contributed by atoms with van der Waals surface area (Å²) in [6.45, 7) is -0.427. The number of carbonyl (C=O) groups excluding carboxylic acids is 2. The molecule has 3 fully saturated rings. The fourth-order valence-electron chi connectivity index (χ4n) is 3.86. The molecule has 1 aromatic carbocycles. The zero-order chi connectivity index (χ0) is 21.4. The average Bonchev–Trinajstić information content (AvgIpc) is 2.63. The van der Waals surface area contributed by atoms with E-state index in [4.69, 9.17) is 22.1 Å². The van der Waals surface area contributed by atoms with Gasteiger partial charge in [-0.05, 0) is 37.8 Å². The number of nitrogens with two attached hydrogens (primary N) is 1. The maximum Gasteiger partial charge on any atom is 0.490 e. The molecule has 3 aliphatic rings. The van der Waals surface area contributed by atoms with Crippen LogP contribution in [0.2, 0.25) is 5.02 Å². The fourth-order valence-corrected chi connectivity index (χ4v) is 3.97. The van der Waals surface area contributed by atoms with E-state index < -0.39 is 47.7 Å². The van der Waals surface area contributed by atoms with Crippen LogP contribution in [0.5, 0.6) is 5.75 Å². The number of ether oxygens (including phenoxy) is 2. The van der Waals surface area contributed by atoms with Gasteiger partial charge in [0.25, 0.3) is 5.91 Å². The second-order valence-electron chi connectivity index (χ2n) is 7.52. The standard InChI is InChI=1S/C18H19ClF4N2O4/c19-11-2-1-10(7-12(11)20)28-9-14(26)25-16-3-5-17(24,6-4-16)13(8-16)29-15(27)18(21,22)23/h1-2,7,13H,3-6,8-9,24H2,(H,25,26)/t13-,16?,17?/m1/s1. The summed E-state index contributed by atoms with van der Waals surface area (Å²) in [5.74, 6) is -3.43. The minimum atomic E-state index is -5.12. The first-order valence-electron chi connectivity index (χ1n) is 8.88. The third-order valence-corrected chi connectivity index (χ3v) is 5.81. The van der Waals surface area contributed by atoms with Crippen LogP contribution in [0, 0.1) is 5.82 Å². The van der Waals surface area contributed by atoms with Crippen molar-refractivity contribution in [3.05, 3.63) is 29.0 Å². The summed E-state index contributed by atoms with van der Waals surface area (Å²) < 4.78 is 60.9. The second kappa shape index (κ2) is 7.64. The van der Waals surface area contributed by atoms with Crippen LogP contribution >= 0.6 is 11.6 Å². The largest absolute Gasteiger partial charge is 0.490 e. The van der Waals surface area contributed by atoms with E-state index in [0.717, 1.165) is 6.07 Å². The Kier molecular flexibility index (Phi) is 5.70. The van der Waals surface area contributed by atoms with Gasteiger partial charge in [-0.1, -0.05) is 11.6 Å². The van der Waals surface area contributed by atoms with Gasteiger partial charge in [0.05, 0.1) is 10.6 Å². The van der Waals surface area contributed by atoms with Crippen LogP contribution in [0.4, 0.5) is 17.6 Å². The van der Waals surface area contributed by atoms with Crippen molar-refractivity contribution in [1.29, 1.82) is 0 Å². The van der Waals surface area contributed by atoms with E-state index in [1.54, 1.807) is 0 Å². The van der Waals surface area contributed by atoms with Crippen LogP contribution in [0.25, 0.3) is 0 Å². The van der Waals surface area contributed by atoms with Crippen molar-refractivity contribution in [1.82, 2.24) is 5.32 Å². The molecule has 2 bridgehead atoms. The number of esters is 1. The van der Waals surface area contributed by atoms with Crippen molar-refractivity contribution in [3.8, 4) is 5.75 Å². The first kappa shape index (κ1) is 21.6. The Bertz CT molecular complexity index is 810. The fraction of sp³-hybridized carbons (Fsp3) is 0.556. The van der Waals surface area contributed by atoms with Crippen molar-refractivity contribution in [2.24, 2.45) is 5.73 Å². The topological polar surface area (TPSA) is 90.7 Å². The number of hydrogen-bond acceptors (Lipinski definition) is 5. The van der Waals surface area contributed by atoms with E-state index in [1.807, 2.05) is 0 Å². The molecular weight excluding hydrogens is 420 g/mol. The van der Waals surface area contributed by atoms with Gasteiger partial charge in [-0.25, -0.2) is 9.18 Å². The SMILES string of the molecule is NC12CCC(NC(=O)COc3ccc(Cl)c(F)c3)(CC1)C[C@H]2OC(=O)C(F)(F)F. The highest BCUT2D eigenvalue weighted by molar-refractivity contribution is 6.30. The lowest BCUT2D eigenvalue weighted by molar-refractivity contribution is -0.213. The van der Waals surface area contributed by atoms with Gasteiger partial charge in [-0.15, -0.1) is 0 Å². The smallest absolute Gasteiger partial charge is 0.484 e. The predicted octanol–water partition coefficient (Wildman–Crippen LogP) is 2.86. The zero-order valence-corrected chi connectivity index (χ0v) is 15.9. The van der Waals surface area contributed by atoms with Crippen molar-refractivity contribution < 1.29 is 36.6 Å². The molecule has 3 saturated carbocycles. The van der Waals surface area contributed by atoms with Gasteiger partial charge in [0, 0.05) is 18.0 Å². The number of hydrogen-bond donors (Lipinski definition) is 2. The van der Waals surface area contributed by atoms with Crippen LogP contribution < -0.4 is 15.8 Å². The molecule has 4 rings (SSSR count). The molecule has 11 heteroatoms. The van der Waals surface area contributed by atoms with Gasteiger partial charge in [0.1, 0.15) is 17.7 Å². The van der Waals surface area contributed by atoms with E-state index in [9.17, 15) is 27.2 Å². The van der Waals surface area contributed by atoms with Gasteiger partial charge in [0.15, 0.2) is 6.61 Å². The lowest BCUT2D eigenvalue weighted by Crippen LogP contribution is -2.69. The number of nitrogens with one attached hydrogen (secondary N) is 1. The summed E-state index contributed by atoms with van der Waals surface area (Å²) in [4.78, 5) is 23.5. The third-order valence-electron chi connectivity index (χ3n) is 5.50. The van der Waals surface area contributed by atoms with Crippen LogP contribution in [-0.4, -0.2) is 41.8 Å². The molecule has 3 N–H and O–H groups in total. The number of benzene rings is 1. The Hall–Kier alpha value is -2.07. The number of halogens is 5. The minimum absolute atomic E-state index is 0.0212. The molecule has 0 unspecified atom stereocenters. The minimum Gasteiger partial charge on any atom is -0.484 e. The van der Waals surface area contributed by atoms with E-state index >= 15 is 0 Å². The lowest BCUT2D eigenvalue weighted by atomic mass is 9.60. The summed E-state index contributed by atoms with van der Waals surface area (Å²) in [6, 6.07) is 3.71. The van der Waals surface area contributed by atoms with E-state index in [2.05, 4.69) is 10.1 Å². The Labute approximate surface area is 168 Å². The average molecular weight is 439 g/mol. The Morgan fingerprint density at radius 2 is 1.90 bits per heavy atom. The number of carbonyl (C=O) groups is 2. The Morgan fingerprint density at radius 1 is 1.24 bits per heavy atom. The van der Waals surface area contributed by atoms with E-state index in [0.29, 0.717) is 25.7 Å². The first-order valence-corrected chi connectivity index (χ1v) is 9.26. The number of amides is 1. The van der Waals surface area contributed by atoms with E-state index in [-0.39, 0.29) is 17.2 Å². The van der Waals surface area contributed by atoms with Crippen LogP contribution in [0.15, 0.2) is 18.2 Å². The highest BCUT2D eigenvalue weighted by atomic mass is 35.5. The van der Waals surface area contributed by atoms with Crippen molar-refractivity contribution in [2.45, 2.75) is 55.5 Å². The summed E-state index contributed by atoms with van der Waals surface area (Å²) in [5, 5.41) is 2.68.